The first-order valence-electron chi connectivity index (χ1n) is 16.6. The molecule has 2 heterocycles. The largest absolute Gasteiger partial charge is 0.456 e. The second-order valence-electron chi connectivity index (χ2n) is 12.5. The van der Waals surface area contributed by atoms with Gasteiger partial charge in [0.15, 0.2) is 0 Å². The van der Waals surface area contributed by atoms with Gasteiger partial charge in [-0.15, -0.1) is 0 Å². The lowest BCUT2D eigenvalue weighted by molar-refractivity contribution is 0.664. The van der Waals surface area contributed by atoms with Gasteiger partial charge in [0.1, 0.15) is 22.3 Å². The number of anilines is 3. The van der Waals surface area contributed by atoms with Crippen LogP contribution in [0.5, 0.6) is 0 Å². The van der Waals surface area contributed by atoms with Crippen LogP contribution in [0.4, 0.5) is 17.1 Å². The van der Waals surface area contributed by atoms with Crippen molar-refractivity contribution in [3.63, 3.8) is 0 Å². The molecule has 10 rings (SSSR count). The van der Waals surface area contributed by atoms with Crippen LogP contribution in [0.15, 0.2) is 185 Å². The number of nitrogens with zero attached hydrogens (tertiary/aromatic N) is 1. The summed E-state index contributed by atoms with van der Waals surface area (Å²) in [5.74, 6) is 0. The highest BCUT2D eigenvalue weighted by Crippen LogP contribution is 2.49. The number of benzene rings is 8. The van der Waals surface area contributed by atoms with Crippen LogP contribution in [0, 0.1) is 0 Å². The maximum atomic E-state index is 6.92. The van der Waals surface area contributed by atoms with Gasteiger partial charge in [-0.05, 0) is 64.5 Å². The Labute approximate surface area is 282 Å². The normalized spacial score (nSPS) is 11.7. The summed E-state index contributed by atoms with van der Waals surface area (Å²) < 4.78 is 13.5. The van der Waals surface area contributed by atoms with Crippen LogP contribution in [-0.2, 0) is 0 Å². The summed E-state index contributed by atoms with van der Waals surface area (Å²) in [6, 6.07) is 61.8. The van der Waals surface area contributed by atoms with Gasteiger partial charge < -0.3 is 13.7 Å². The molecule has 0 radical (unpaired) electrons. The van der Waals surface area contributed by atoms with Gasteiger partial charge in [-0.1, -0.05) is 133 Å². The quantitative estimate of drug-likeness (QED) is 0.190. The van der Waals surface area contributed by atoms with E-state index in [1.165, 1.54) is 21.9 Å². The van der Waals surface area contributed by atoms with Crippen LogP contribution in [0.25, 0.3) is 76.9 Å². The Morgan fingerprint density at radius 3 is 1.80 bits per heavy atom. The molecule has 0 saturated carbocycles. The molecule has 10 aromatic rings. The zero-order valence-corrected chi connectivity index (χ0v) is 26.5. The van der Waals surface area contributed by atoms with E-state index in [1.54, 1.807) is 0 Å². The first-order valence-corrected chi connectivity index (χ1v) is 16.6. The molecule has 0 unspecified atom stereocenters. The Balaban J connectivity index is 1.29. The van der Waals surface area contributed by atoms with Gasteiger partial charge in [-0.2, -0.15) is 0 Å². The molecule has 0 fully saturated rings. The smallest absolute Gasteiger partial charge is 0.144 e. The molecule has 0 aliphatic heterocycles. The van der Waals surface area contributed by atoms with Crippen molar-refractivity contribution in [1.29, 1.82) is 0 Å². The van der Waals surface area contributed by atoms with Crippen LogP contribution in [0.2, 0.25) is 0 Å². The number of fused-ring (bicyclic) bond motifs is 7. The highest BCUT2D eigenvalue weighted by molar-refractivity contribution is 6.25. The van der Waals surface area contributed by atoms with Gasteiger partial charge in [-0.3, -0.25) is 0 Å². The van der Waals surface area contributed by atoms with Crippen molar-refractivity contribution in [3.8, 4) is 22.3 Å². The highest BCUT2D eigenvalue weighted by atomic mass is 16.3. The van der Waals surface area contributed by atoms with E-state index < -0.39 is 0 Å². The number of furan rings is 2. The molecule has 2 aromatic heterocycles. The summed E-state index contributed by atoms with van der Waals surface area (Å²) in [6.45, 7) is 0. The molecule has 0 saturated heterocycles. The minimum Gasteiger partial charge on any atom is -0.456 e. The average Bonchev–Trinajstić information content (AvgIpc) is 3.73. The molecule has 0 aliphatic rings. The highest BCUT2D eigenvalue weighted by Gasteiger charge is 2.25. The van der Waals surface area contributed by atoms with Crippen molar-refractivity contribution >= 4 is 71.7 Å². The van der Waals surface area contributed by atoms with Crippen LogP contribution in [-0.4, -0.2) is 0 Å². The molecule has 8 aromatic carbocycles. The number of para-hydroxylation sites is 1. The second-order valence-corrected chi connectivity index (χ2v) is 12.5. The van der Waals surface area contributed by atoms with Crippen LogP contribution in [0.1, 0.15) is 0 Å². The fourth-order valence-electron chi connectivity index (χ4n) is 7.46. The van der Waals surface area contributed by atoms with E-state index in [1.807, 2.05) is 12.1 Å². The van der Waals surface area contributed by atoms with Crippen LogP contribution >= 0.6 is 0 Å². The van der Waals surface area contributed by atoms with Gasteiger partial charge in [0.05, 0.1) is 16.8 Å². The fourth-order valence-corrected chi connectivity index (χ4v) is 7.46. The molecule has 49 heavy (non-hydrogen) atoms. The predicted molar refractivity (Wildman–Crippen MR) is 204 cm³/mol. The van der Waals surface area contributed by atoms with Gasteiger partial charge in [0, 0.05) is 32.8 Å². The zero-order valence-electron chi connectivity index (χ0n) is 26.5. The third kappa shape index (κ3) is 4.37. The Kier molecular flexibility index (Phi) is 6.18. The molecule has 230 valence electrons. The summed E-state index contributed by atoms with van der Waals surface area (Å²) in [7, 11) is 0. The fraction of sp³-hybridized carbons (Fsp3) is 0. The van der Waals surface area contributed by atoms with Gasteiger partial charge in [-0.25, -0.2) is 0 Å². The Morgan fingerprint density at radius 2 is 0.980 bits per heavy atom. The second kappa shape index (κ2) is 11.0. The summed E-state index contributed by atoms with van der Waals surface area (Å²) >= 11 is 0. The number of hydrogen-bond donors (Lipinski definition) is 0. The van der Waals surface area contributed by atoms with Crippen molar-refractivity contribution in [3.05, 3.63) is 176 Å². The Bertz CT molecular complexity index is 2810. The van der Waals surface area contributed by atoms with Crippen molar-refractivity contribution < 1.29 is 8.83 Å². The number of rotatable bonds is 5. The van der Waals surface area contributed by atoms with E-state index in [9.17, 15) is 0 Å². The lowest BCUT2D eigenvalue weighted by atomic mass is 9.96. The molecule has 0 bridgehead atoms. The van der Waals surface area contributed by atoms with E-state index in [2.05, 4.69) is 169 Å². The first kappa shape index (κ1) is 27.5. The van der Waals surface area contributed by atoms with Gasteiger partial charge in [0.2, 0.25) is 0 Å². The average molecular weight is 628 g/mol. The van der Waals surface area contributed by atoms with E-state index in [0.29, 0.717) is 0 Å². The predicted octanol–water partition coefficient (Wildman–Crippen LogP) is 13.4. The molecule has 0 amide bonds. The maximum absolute atomic E-state index is 6.92. The molecule has 3 heteroatoms. The van der Waals surface area contributed by atoms with Gasteiger partial charge >= 0.3 is 0 Å². The maximum Gasteiger partial charge on any atom is 0.144 e. The number of hydrogen-bond acceptors (Lipinski definition) is 3. The Morgan fingerprint density at radius 1 is 0.367 bits per heavy atom. The van der Waals surface area contributed by atoms with E-state index in [-0.39, 0.29) is 0 Å². The van der Waals surface area contributed by atoms with E-state index >= 15 is 0 Å². The molecule has 0 aliphatic carbocycles. The van der Waals surface area contributed by atoms with Crippen LogP contribution in [0.3, 0.4) is 0 Å². The molecule has 0 atom stereocenters. The topological polar surface area (TPSA) is 29.5 Å². The Hall–Kier alpha value is -6.58. The summed E-state index contributed by atoms with van der Waals surface area (Å²) in [6.07, 6.45) is 0. The molecular weight excluding hydrogens is 599 g/mol. The third-order valence-corrected chi connectivity index (χ3v) is 9.65. The monoisotopic (exact) mass is 627 g/mol. The molecule has 3 nitrogen and oxygen atoms in total. The van der Waals surface area contributed by atoms with Crippen molar-refractivity contribution in [2.45, 2.75) is 0 Å². The minimum atomic E-state index is 0.827. The first-order chi connectivity index (χ1) is 24.3. The van der Waals surface area contributed by atoms with Crippen molar-refractivity contribution in [2.24, 2.45) is 0 Å². The minimum absolute atomic E-state index is 0.827. The van der Waals surface area contributed by atoms with Crippen LogP contribution < -0.4 is 4.90 Å². The summed E-state index contributed by atoms with van der Waals surface area (Å²) in [5, 5.41) is 6.56. The van der Waals surface area contributed by atoms with Crippen molar-refractivity contribution in [1.82, 2.24) is 0 Å². The molecular formula is C46H29NO2. The molecule has 0 N–H and O–H groups in total. The SMILES string of the molecule is c1ccc(-c2ccc(N(c3cccc4ccccc34)c3cccc4oc5c(-c6ccccc6)c6c(cc5c34)oc3ccccc36)cc2)cc1. The lowest BCUT2D eigenvalue weighted by Gasteiger charge is -2.27. The molecule has 0 spiro atoms. The van der Waals surface area contributed by atoms with Gasteiger partial charge in [0.25, 0.3) is 0 Å². The zero-order chi connectivity index (χ0) is 32.3. The van der Waals surface area contributed by atoms with Crippen molar-refractivity contribution in [2.75, 3.05) is 4.90 Å². The summed E-state index contributed by atoms with van der Waals surface area (Å²) in [4.78, 5) is 2.37. The summed E-state index contributed by atoms with van der Waals surface area (Å²) in [5.41, 5.74) is 11.1. The van der Waals surface area contributed by atoms with E-state index in [4.69, 9.17) is 8.83 Å². The lowest BCUT2D eigenvalue weighted by Crippen LogP contribution is -2.10. The third-order valence-electron chi connectivity index (χ3n) is 9.65. The van der Waals surface area contributed by atoms with E-state index in [0.717, 1.165) is 72.1 Å². The standard InChI is InChI=1S/C46H29NO2/c1-3-13-30(14-4-1)31-25-27-34(28-26-31)47(38-21-11-18-32-15-7-8-19-35(32)38)39-22-12-24-41-44(39)37-29-42-45(36-20-9-10-23-40(36)48-42)43(46(37)49-41)33-16-5-2-6-17-33/h1-29H.